The Kier molecular flexibility index (Phi) is 3.07. The monoisotopic (exact) mass is 230 g/mol. The molecule has 0 atom stereocenters. The van der Waals surface area contributed by atoms with Crippen LogP contribution in [-0.2, 0) is 0 Å². The molecular formula is C10H12BF3NO-. The Hall–Kier alpha value is -1.20. The molecule has 1 aromatic heterocycles. The summed E-state index contributed by atoms with van der Waals surface area (Å²) in [6.07, 6.45) is 6.23. The highest BCUT2D eigenvalue weighted by molar-refractivity contribution is 6.73. The fraction of sp³-hybridized carbons (Fsp3) is 0.500. The minimum atomic E-state index is -4.99. The number of ether oxygens (including phenoxy) is 1. The summed E-state index contributed by atoms with van der Waals surface area (Å²) >= 11 is 0. The molecule has 0 amide bonds. The van der Waals surface area contributed by atoms with Gasteiger partial charge < -0.3 is 17.7 Å². The van der Waals surface area contributed by atoms with Crippen LogP contribution >= 0.6 is 0 Å². The third kappa shape index (κ3) is 2.68. The van der Waals surface area contributed by atoms with Gasteiger partial charge in [-0.05, 0) is 31.7 Å². The number of rotatable bonds is 3. The molecule has 1 aliphatic carbocycles. The summed E-state index contributed by atoms with van der Waals surface area (Å²) in [7, 11) is 0. The highest BCUT2D eigenvalue weighted by atomic mass is 19.4. The first kappa shape index (κ1) is 11.3. The van der Waals surface area contributed by atoms with Crippen molar-refractivity contribution in [3.63, 3.8) is 0 Å². The average molecular weight is 230 g/mol. The summed E-state index contributed by atoms with van der Waals surface area (Å²) in [6, 6.07) is 1.03. The van der Waals surface area contributed by atoms with Crippen molar-refractivity contribution in [2.45, 2.75) is 31.8 Å². The molecule has 0 unspecified atom stereocenters. The molecule has 0 aromatic carbocycles. The Bertz CT molecular complexity index is 363. The molecule has 0 N–H and O–H groups in total. The van der Waals surface area contributed by atoms with E-state index in [1.807, 2.05) is 0 Å². The van der Waals surface area contributed by atoms with Crippen LogP contribution in [0.5, 0.6) is 5.75 Å². The maximum Gasteiger partial charge on any atom is 0.511 e. The smallest absolute Gasteiger partial charge is 0.489 e. The zero-order valence-corrected chi connectivity index (χ0v) is 8.70. The van der Waals surface area contributed by atoms with E-state index >= 15 is 0 Å². The third-order valence-electron chi connectivity index (χ3n) is 2.72. The summed E-state index contributed by atoms with van der Waals surface area (Å²) in [4.78, 5) is 3.56. The topological polar surface area (TPSA) is 22.1 Å². The van der Waals surface area contributed by atoms with Gasteiger partial charge in [-0.2, -0.15) is 0 Å². The molecule has 0 radical (unpaired) electrons. The molecule has 1 aliphatic rings. The van der Waals surface area contributed by atoms with E-state index in [-0.39, 0.29) is 11.9 Å². The number of aromatic nitrogens is 1. The maximum atomic E-state index is 12.4. The van der Waals surface area contributed by atoms with Gasteiger partial charge in [0.25, 0.3) is 0 Å². The second-order valence-corrected chi connectivity index (χ2v) is 4.05. The lowest BCUT2D eigenvalue weighted by atomic mass is 9.81. The zero-order valence-electron chi connectivity index (χ0n) is 8.70. The summed E-state index contributed by atoms with van der Waals surface area (Å²) in [5.74, 6) is 0.226. The first-order valence-electron chi connectivity index (χ1n) is 5.37. The summed E-state index contributed by atoms with van der Waals surface area (Å²) in [5, 5.41) is 0. The lowest BCUT2D eigenvalue weighted by Crippen LogP contribution is -2.34. The second kappa shape index (κ2) is 4.35. The van der Waals surface area contributed by atoms with E-state index in [1.54, 1.807) is 0 Å². The number of halogens is 3. The molecular weight excluding hydrogens is 218 g/mol. The Morgan fingerprint density at radius 3 is 2.50 bits per heavy atom. The van der Waals surface area contributed by atoms with Crippen molar-refractivity contribution in [2.24, 2.45) is 0 Å². The van der Waals surface area contributed by atoms with Crippen molar-refractivity contribution in [3.8, 4) is 5.75 Å². The normalized spacial score (nSPS) is 17.7. The van der Waals surface area contributed by atoms with Crippen molar-refractivity contribution < 1.29 is 17.7 Å². The second-order valence-electron chi connectivity index (χ2n) is 4.05. The van der Waals surface area contributed by atoms with Gasteiger partial charge in [0.1, 0.15) is 5.75 Å². The Balaban J connectivity index is 2.09. The molecule has 0 saturated heterocycles. The van der Waals surface area contributed by atoms with Gasteiger partial charge in [-0.25, -0.2) is 0 Å². The van der Waals surface area contributed by atoms with Gasteiger partial charge in [0.05, 0.1) is 12.3 Å². The van der Waals surface area contributed by atoms with Gasteiger partial charge in [-0.3, -0.25) is 4.98 Å². The van der Waals surface area contributed by atoms with Crippen LogP contribution in [0.4, 0.5) is 12.9 Å². The van der Waals surface area contributed by atoms with Gasteiger partial charge in [-0.15, -0.1) is 0 Å². The van der Waals surface area contributed by atoms with Gasteiger partial charge in [0, 0.05) is 6.20 Å². The van der Waals surface area contributed by atoms with Crippen LogP contribution in [0.1, 0.15) is 25.7 Å². The Labute approximate surface area is 91.9 Å². The maximum absolute atomic E-state index is 12.4. The van der Waals surface area contributed by atoms with E-state index in [2.05, 4.69) is 4.98 Å². The SMILES string of the molecule is F[B-](F)(F)c1cncc(OC2CCCC2)c1. The zero-order chi connectivity index (χ0) is 11.6. The van der Waals surface area contributed by atoms with E-state index in [0.717, 1.165) is 37.9 Å². The minimum absolute atomic E-state index is 0.0535. The molecule has 1 aromatic rings. The lowest BCUT2D eigenvalue weighted by molar-refractivity contribution is 0.209. The largest absolute Gasteiger partial charge is 0.511 e. The summed E-state index contributed by atoms with van der Waals surface area (Å²) < 4.78 is 42.8. The predicted molar refractivity (Wildman–Crippen MR) is 55.8 cm³/mol. The van der Waals surface area contributed by atoms with Crippen molar-refractivity contribution in [1.29, 1.82) is 0 Å². The highest BCUT2D eigenvalue weighted by Crippen LogP contribution is 2.23. The fourth-order valence-electron chi connectivity index (χ4n) is 1.88. The first-order chi connectivity index (χ1) is 7.55. The number of nitrogens with zero attached hydrogens (tertiary/aromatic N) is 1. The van der Waals surface area contributed by atoms with Gasteiger partial charge in [-0.1, -0.05) is 5.46 Å². The van der Waals surface area contributed by atoms with E-state index in [1.165, 1.54) is 6.20 Å². The van der Waals surface area contributed by atoms with Crippen LogP contribution in [0.15, 0.2) is 18.5 Å². The van der Waals surface area contributed by atoms with Crippen LogP contribution in [0, 0.1) is 0 Å². The molecule has 1 saturated carbocycles. The minimum Gasteiger partial charge on any atom is -0.489 e. The van der Waals surface area contributed by atoms with Crippen LogP contribution < -0.4 is 10.2 Å². The van der Waals surface area contributed by atoms with Crippen LogP contribution in [-0.4, -0.2) is 18.1 Å². The van der Waals surface area contributed by atoms with Crippen molar-refractivity contribution >= 4 is 12.4 Å². The standard InChI is InChI=1S/C10H12BF3NO/c12-11(13,14)8-5-10(7-15-6-8)16-9-3-1-2-4-9/h5-7,9H,1-4H2/q-1. The number of hydrogen-bond acceptors (Lipinski definition) is 2. The number of hydrogen-bond donors (Lipinski definition) is 0. The van der Waals surface area contributed by atoms with E-state index < -0.39 is 12.4 Å². The van der Waals surface area contributed by atoms with Crippen molar-refractivity contribution in [3.05, 3.63) is 18.5 Å². The predicted octanol–water partition coefficient (Wildman–Crippen LogP) is 2.46. The molecule has 1 heterocycles. The fourth-order valence-corrected chi connectivity index (χ4v) is 1.88. The van der Waals surface area contributed by atoms with Gasteiger partial charge in [0.2, 0.25) is 0 Å². The first-order valence-corrected chi connectivity index (χ1v) is 5.37. The molecule has 2 nitrogen and oxygen atoms in total. The van der Waals surface area contributed by atoms with Crippen molar-refractivity contribution in [1.82, 2.24) is 4.98 Å². The molecule has 0 aliphatic heterocycles. The average Bonchev–Trinajstić information content (AvgIpc) is 2.70. The quantitative estimate of drug-likeness (QED) is 0.744. The lowest BCUT2D eigenvalue weighted by Gasteiger charge is -2.17. The molecule has 0 bridgehead atoms. The Morgan fingerprint density at radius 2 is 1.88 bits per heavy atom. The van der Waals surface area contributed by atoms with Crippen LogP contribution in [0.2, 0.25) is 0 Å². The van der Waals surface area contributed by atoms with E-state index in [0.29, 0.717) is 0 Å². The highest BCUT2D eigenvalue weighted by Gasteiger charge is 2.26. The molecule has 1 fully saturated rings. The molecule has 88 valence electrons. The number of pyridine rings is 1. The van der Waals surface area contributed by atoms with Crippen LogP contribution in [0.25, 0.3) is 0 Å². The van der Waals surface area contributed by atoms with Gasteiger partial charge in [0.15, 0.2) is 0 Å². The molecule has 16 heavy (non-hydrogen) atoms. The van der Waals surface area contributed by atoms with E-state index in [9.17, 15) is 12.9 Å². The molecule has 6 heteroatoms. The Morgan fingerprint density at radius 1 is 1.19 bits per heavy atom. The molecule has 2 rings (SSSR count). The summed E-state index contributed by atoms with van der Waals surface area (Å²) in [5.41, 5.74) is -0.699. The van der Waals surface area contributed by atoms with Crippen LogP contribution in [0.3, 0.4) is 0 Å². The summed E-state index contributed by atoms with van der Waals surface area (Å²) in [6.45, 7) is -4.99. The van der Waals surface area contributed by atoms with E-state index in [4.69, 9.17) is 4.74 Å². The molecule has 0 spiro atoms. The van der Waals surface area contributed by atoms with Gasteiger partial charge >= 0.3 is 6.98 Å². The van der Waals surface area contributed by atoms with Crippen molar-refractivity contribution in [2.75, 3.05) is 0 Å². The third-order valence-corrected chi connectivity index (χ3v) is 2.72.